The van der Waals surface area contributed by atoms with Crippen molar-refractivity contribution in [3.05, 3.63) is 34.1 Å². The molecule has 0 spiro atoms. The maximum atomic E-state index is 5.72. The van der Waals surface area contributed by atoms with Crippen LogP contribution in [0.5, 0.6) is 0 Å². The molecule has 0 aliphatic rings. The Morgan fingerprint density at radius 2 is 2.14 bits per heavy atom. The summed E-state index contributed by atoms with van der Waals surface area (Å²) in [5.41, 5.74) is 5.99. The molecular formula is C16H25N3OS. The summed E-state index contributed by atoms with van der Waals surface area (Å²) in [6, 6.07) is 4.14. The van der Waals surface area contributed by atoms with Gasteiger partial charge in [0.2, 0.25) is 5.89 Å². The van der Waals surface area contributed by atoms with E-state index in [1.54, 1.807) is 11.3 Å². The number of nitrogens with two attached hydrogens (primary N) is 1. The standard InChI is InChI=1S/C16H25N3OS/c1-16(2,3)12(8-9-17)6-7-15-18-14(19-20-15)11-13-5-4-10-21-13/h4-5,10,12H,6-9,11,17H2,1-3H3. The normalized spacial score (nSPS) is 13.5. The van der Waals surface area contributed by atoms with Gasteiger partial charge in [0.15, 0.2) is 5.82 Å². The highest BCUT2D eigenvalue weighted by Crippen LogP contribution is 2.32. The van der Waals surface area contributed by atoms with Crippen LogP contribution in [0.3, 0.4) is 0 Å². The summed E-state index contributed by atoms with van der Waals surface area (Å²) < 4.78 is 5.37. The van der Waals surface area contributed by atoms with E-state index in [-0.39, 0.29) is 5.41 Å². The van der Waals surface area contributed by atoms with Crippen molar-refractivity contribution >= 4 is 11.3 Å². The zero-order valence-electron chi connectivity index (χ0n) is 13.1. The van der Waals surface area contributed by atoms with Crippen molar-refractivity contribution in [2.75, 3.05) is 6.54 Å². The van der Waals surface area contributed by atoms with E-state index in [9.17, 15) is 0 Å². The second kappa shape index (κ2) is 7.18. The average molecular weight is 307 g/mol. The van der Waals surface area contributed by atoms with Crippen LogP contribution in [0.25, 0.3) is 0 Å². The van der Waals surface area contributed by atoms with E-state index in [2.05, 4.69) is 42.4 Å². The molecule has 21 heavy (non-hydrogen) atoms. The van der Waals surface area contributed by atoms with Crippen molar-refractivity contribution in [3.8, 4) is 0 Å². The van der Waals surface area contributed by atoms with Crippen molar-refractivity contribution in [1.29, 1.82) is 0 Å². The molecule has 0 saturated heterocycles. The topological polar surface area (TPSA) is 64.9 Å². The van der Waals surface area contributed by atoms with E-state index in [0.717, 1.165) is 43.9 Å². The largest absolute Gasteiger partial charge is 0.339 e. The van der Waals surface area contributed by atoms with Gasteiger partial charge in [-0.05, 0) is 42.2 Å². The van der Waals surface area contributed by atoms with Gasteiger partial charge in [-0.2, -0.15) is 4.98 Å². The maximum Gasteiger partial charge on any atom is 0.226 e. The van der Waals surface area contributed by atoms with E-state index >= 15 is 0 Å². The van der Waals surface area contributed by atoms with Crippen LogP contribution in [0.4, 0.5) is 0 Å². The van der Waals surface area contributed by atoms with Gasteiger partial charge in [-0.3, -0.25) is 0 Å². The molecule has 4 nitrogen and oxygen atoms in total. The molecule has 0 aliphatic carbocycles. The minimum atomic E-state index is 0.263. The van der Waals surface area contributed by atoms with E-state index in [4.69, 9.17) is 10.3 Å². The van der Waals surface area contributed by atoms with Gasteiger partial charge < -0.3 is 10.3 Å². The third-order valence-electron chi connectivity index (χ3n) is 3.87. The van der Waals surface area contributed by atoms with E-state index in [1.807, 2.05) is 6.07 Å². The van der Waals surface area contributed by atoms with Gasteiger partial charge in [0.1, 0.15) is 0 Å². The van der Waals surface area contributed by atoms with Gasteiger partial charge in [-0.1, -0.05) is 32.0 Å². The molecule has 1 atom stereocenters. The monoisotopic (exact) mass is 307 g/mol. The first-order valence-electron chi connectivity index (χ1n) is 7.53. The molecule has 2 rings (SSSR count). The molecule has 2 aromatic rings. The Hall–Kier alpha value is -1.20. The van der Waals surface area contributed by atoms with E-state index in [1.165, 1.54) is 4.88 Å². The number of rotatable bonds is 7. The Balaban J connectivity index is 1.89. The van der Waals surface area contributed by atoms with Crippen LogP contribution >= 0.6 is 11.3 Å². The van der Waals surface area contributed by atoms with Crippen LogP contribution in [-0.2, 0) is 12.8 Å². The third-order valence-corrected chi connectivity index (χ3v) is 4.75. The van der Waals surface area contributed by atoms with Crippen molar-refractivity contribution in [1.82, 2.24) is 10.1 Å². The fourth-order valence-electron chi connectivity index (χ4n) is 2.54. The van der Waals surface area contributed by atoms with E-state index in [0.29, 0.717) is 5.92 Å². The van der Waals surface area contributed by atoms with Gasteiger partial charge in [-0.15, -0.1) is 11.3 Å². The summed E-state index contributed by atoms with van der Waals surface area (Å²) in [4.78, 5) is 5.76. The first-order valence-corrected chi connectivity index (χ1v) is 8.41. The molecule has 0 fully saturated rings. The highest BCUT2D eigenvalue weighted by Gasteiger charge is 2.24. The summed E-state index contributed by atoms with van der Waals surface area (Å²) in [5, 5.41) is 6.14. The van der Waals surface area contributed by atoms with Gasteiger partial charge in [0.05, 0.1) is 0 Å². The zero-order valence-corrected chi connectivity index (χ0v) is 13.9. The van der Waals surface area contributed by atoms with Gasteiger partial charge in [-0.25, -0.2) is 0 Å². The molecule has 2 aromatic heterocycles. The van der Waals surface area contributed by atoms with Crippen LogP contribution in [0.15, 0.2) is 22.0 Å². The lowest BCUT2D eigenvalue weighted by molar-refractivity contribution is 0.208. The van der Waals surface area contributed by atoms with Crippen molar-refractivity contribution in [2.45, 2.75) is 46.5 Å². The Morgan fingerprint density at radius 1 is 1.33 bits per heavy atom. The number of aryl methyl sites for hydroxylation is 1. The molecule has 116 valence electrons. The quantitative estimate of drug-likeness (QED) is 0.847. The molecule has 0 radical (unpaired) electrons. The van der Waals surface area contributed by atoms with Gasteiger partial charge >= 0.3 is 0 Å². The lowest BCUT2D eigenvalue weighted by Gasteiger charge is -2.30. The Kier molecular flexibility index (Phi) is 5.53. The van der Waals surface area contributed by atoms with Crippen LogP contribution < -0.4 is 5.73 Å². The second-order valence-corrected chi connectivity index (χ2v) is 7.57. The Morgan fingerprint density at radius 3 is 2.76 bits per heavy atom. The fourth-order valence-corrected chi connectivity index (χ4v) is 3.24. The molecule has 0 saturated carbocycles. The zero-order chi connectivity index (χ0) is 15.3. The Labute approximate surface area is 130 Å². The summed E-state index contributed by atoms with van der Waals surface area (Å²) in [6.45, 7) is 7.53. The number of nitrogens with zero attached hydrogens (tertiary/aromatic N) is 2. The summed E-state index contributed by atoms with van der Waals surface area (Å²) in [6.07, 6.45) is 3.67. The number of aromatic nitrogens is 2. The summed E-state index contributed by atoms with van der Waals surface area (Å²) in [5.74, 6) is 2.10. The van der Waals surface area contributed by atoms with Gasteiger partial charge in [0.25, 0.3) is 0 Å². The molecule has 0 aliphatic heterocycles. The van der Waals surface area contributed by atoms with Crippen molar-refractivity contribution in [3.63, 3.8) is 0 Å². The second-order valence-electron chi connectivity index (χ2n) is 6.54. The maximum absolute atomic E-state index is 5.72. The van der Waals surface area contributed by atoms with Crippen LogP contribution in [-0.4, -0.2) is 16.7 Å². The van der Waals surface area contributed by atoms with E-state index < -0.39 is 0 Å². The molecule has 0 aromatic carbocycles. The Bertz CT molecular complexity index is 528. The number of hydrogen-bond donors (Lipinski definition) is 1. The SMILES string of the molecule is CC(C)(C)C(CCN)CCc1nc(Cc2cccs2)no1. The predicted molar refractivity (Wildman–Crippen MR) is 86.4 cm³/mol. The predicted octanol–water partition coefficient (Wildman–Crippen LogP) is 3.67. The first kappa shape index (κ1) is 16.2. The number of hydrogen-bond acceptors (Lipinski definition) is 5. The molecule has 0 amide bonds. The highest BCUT2D eigenvalue weighted by atomic mass is 32.1. The summed E-state index contributed by atoms with van der Waals surface area (Å²) >= 11 is 1.72. The van der Waals surface area contributed by atoms with Crippen LogP contribution in [0.2, 0.25) is 0 Å². The smallest absolute Gasteiger partial charge is 0.226 e. The lowest BCUT2D eigenvalue weighted by atomic mass is 9.76. The summed E-state index contributed by atoms with van der Waals surface area (Å²) in [7, 11) is 0. The van der Waals surface area contributed by atoms with Crippen molar-refractivity contribution in [2.24, 2.45) is 17.1 Å². The van der Waals surface area contributed by atoms with Crippen LogP contribution in [0.1, 0.15) is 50.2 Å². The molecular weight excluding hydrogens is 282 g/mol. The van der Waals surface area contributed by atoms with Crippen molar-refractivity contribution < 1.29 is 4.52 Å². The third kappa shape index (κ3) is 4.93. The number of thiophene rings is 1. The molecule has 5 heteroatoms. The lowest BCUT2D eigenvalue weighted by Crippen LogP contribution is -2.24. The minimum Gasteiger partial charge on any atom is -0.339 e. The molecule has 2 N–H and O–H groups in total. The first-order chi connectivity index (χ1) is 9.99. The highest BCUT2D eigenvalue weighted by molar-refractivity contribution is 7.09. The van der Waals surface area contributed by atoms with Gasteiger partial charge in [0, 0.05) is 17.7 Å². The fraction of sp³-hybridized carbons (Fsp3) is 0.625. The average Bonchev–Trinajstić information content (AvgIpc) is 3.05. The minimum absolute atomic E-state index is 0.263. The molecule has 1 unspecified atom stereocenters. The molecule has 2 heterocycles. The van der Waals surface area contributed by atoms with Crippen LogP contribution in [0, 0.1) is 11.3 Å². The molecule has 0 bridgehead atoms.